The first-order valence-corrected chi connectivity index (χ1v) is 9.57. The number of hydrogen-bond donors (Lipinski definition) is 1. The summed E-state index contributed by atoms with van der Waals surface area (Å²) in [7, 11) is 0. The van der Waals surface area contributed by atoms with Crippen LogP contribution in [0.4, 0.5) is 4.79 Å². The van der Waals surface area contributed by atoms with Gasteiger partial charge in [0, 0.05) is 11.6 Å². The van der Waals surface area contributed by atoms with Crippen molar-refractivity contribution < 1.29 is 9.59 Å². The third-order valence-electron chi connectivity index (χ3n) is 4.73. The van der Waals surface area contributed by atoms with Gasteiger partial charge in [-0.3, -0.25) is 14.7 Å². The van der Waals surface area contributed by atoms with Crippen LogP contribution in [0.2, 0.25) is 0 Å². The Hall–Kier alpha value is -3.06. The Morgan fingerprint density at radius 1 is 1.11 bits per heavy atom. The number of carbonyl (C=O) groups excluding carboxylic acids is 2. The fourth-order valence-electron chi connectivity index (χ4n) is 3.28. The molecular weight excluding hydrogens is 360 g/mol. The van der Waals surface area contributed by atoms with Crippen LogP contribution in [0, 0.1) is 0 Å². The lowest BCUT2D eigenvalue weighted by atomic mass is 9.87. The fraction of sp³-hybridized carbons (Fsp3) is 0.200. The number of hydrogen-bond acceptors (Lipinski definition) is 5. The van der Waals surface area contributed by atoms with Gasteiger partial charge in [0.15, 0.2) is 0 Å². The van der Waals surface area contributed by atoms with E-state index in [4.69, 9.17) is 0 Å². The third kappa shape index (κ3) is 3.00. The average molecular weight is 378 g/mol. The molecule has 27 heavy (non-hydrogen) atoms. The summed E-state index contributed by atoms with van der Waals surface area (Å²) in [5.41, 5.74) is 1.22. The third-order valence-corrected chi connectivity index (χ3v) is 5.64. The molecule has 1 atom stereocenters. The predicted octanol–water partition coefficient (Wildman–Crippen LogP) is 3.56. The van der Waals surface area contributed by atoms with E-state index >= 15 is 0 Å². The Bertz CT molecular complexity index is 974. The Morgan fingerprint density at radius 3 is 2.59 bits per heavy atom. The topological polar surface area (TPSA) is 75.2 Å². The number of rotatable bonds is 5. The van der Waals surface area contributed by atoms with Gasteiger partial charge in [0.05, 0.1) is 17.9 Å². The van der Waals surface area contributed by atoms with Crippen LogP contribution >= 0.6 is 11.3 Å². The highest BCUT2D eigenvalue weighted by atomic mass is 32.1. The Labute approximate surface area is 160 Å². The van der Waals surface area contributed by atoms with Gasteiger partial charge in [0.25, 0.3) is 5.91 Å². The fourth-order valence-corrected chi connectivity index (χ4v) is 4.07. The van der Waals surface area contributed by atoms with E-state index in [0.717, 1.165) is 16.3 Å². The van der Waals surface area contributed by atoms with Crippen LogP contribution in [0.3, 0.4) is 0 Å². The summed E-state index contributed by atoms with van der Waals surface area (Å²) in [6.45, 7) is 2.04. The zero-order valence-electron chi connectivity index (χ0n) is 14.8. The maximum Gasteiger partial charge on any atom is 0.325 e. The second-order valence-corrected chi connectivity index (χ2v) is 7.16. The normalized spacial score (nSPS) is 19.4. The molecule has 0 spiro atoms. The molecule has 3 amide bonds. The highest BCUT2D eigenvalue weighted by Gasteiger charge is 2.51. The van der Waals surface area contributed by atoms with Gasteiger partial charge in [-0.2, -0.15) is 0 Å². The lowest BCUT2D eigenvalue weighted by molar-refractivity contribution is -0.132. The van der Waals surface area contributed by atoms with Gasteiger partial charge >= 0.3 is 6.03 Å². The number of imide groups is 1. The van der Waals surface area contributed by atoms with E-state index in [2.05, 4.69) is 15.3 Å². The minimum atomic E-state index is -1.02. The molecular formula is C20H18N4O2S. The Kier molecular flexibility index (Phi) is 4.45. The molecule has 1 fully saturated rings. The SMILES string of the molecule is CCC1(c2ccccc2)NC(=O)N(Cc2csc(-c3ccccn3)n2)C1=O. The van der Waals surface area contributed by atoms with Crippen LogP contribution in [-0.4, -0.2) is 26.8 Å². The molecule has 3 aromatic rings. The number of nitrogens with one attached hydrogen (secondary N) is 1. The highest BCUT2D eigenvalue weighted by molar-refractivity contribution is 7.13. The summed E-state index contributed by atoms with van der Waals surface area (Å²) in [5.74, 6) is -0.242. The van der Waals surface area contributed by atoms with Crippen molar-refractivity contribution in [2.75, 3.05) is 0 Å². The largest absolute Gasteiger partial charge is 0.325 e. The first kappa shape index (κ1) is 17.4. The first-order chi connectivity index (χ1) is 13.1. The molecule has 6 nitrogen and oxygen atoms in total. The predicted molar refractivity (Wildman–Crippen MR) is 103 cm³/mol. The average Bonchev–Trinajstić information content (AvgIpc) is 3.28. The summed E-state index contributed by atoms with van der Waals surface area (Å²) >= 11 is 1.45. The van der Waals surface area contributed by atoms with Crippen molar-refractivity contribution >= 4 is 23.3 Å². The monoisotopic (exact) mass is 378 g/mol. The summed E-state index contributed by atoms with van der Waals surface area (Å²) in [4.78, 5) is 35.8. The van der Waals surface area contributed by atoms with Gasteiger partial charge in [-0.05, 0) is 24.1 Å². The van der Waals surface area contributed by atoms with Crippen molar-refractivity contribution in [3.8, 4) is 10.7 Å². The minimum Gasteiger partial charge on any atom is -0.319 e. The molecule has 1 aliphatic heterocycles. The summed E-state index contributed by atoms with van der Waals surface area (Å²) < 4.78 is 0. The molecule has 1 unspecified atom stereocenters. The number of aromatic nitrogens is 2. The van der Waals surface area contributed by atoms with Gasteiger partial charge < -0.3 is 5.32 Å². The molecule has 2 aromatic heterocycles. The van der Waals surface area contributed by atoms with Crippen molar-refractivity contribution in [1.29, 1.82) is 0 Å². The number of urea groups is 1. The van der Waals surface area contributed by atoms with Crippen LogP contribution in [0.5, 0.6) is 0 Å². The van der Waals surface area contributed by atoms with E-state index in [9.17, 15) is 9.59 Å². The van der Waals surface area contributed by atoms with Crippen LogP contribution in [0.15, 0.2) is 60.1 Å². The molecule has 4 rings (SSSR count). The highest BCUT2D eigenvalue weighted by Crippen LogP contribution is 2.33. The molecule has 1 N–H and O–H groups in total. The number of carbonyl (C=O) groups is 2. The van der Waals surface area contributed by atoms with E-state index in [1.165, 1.54) is 16.2 Å². The lowest BCUT2D eigenvalue weighted by Gasteiger charge is -2.25. The molecule has 0 saturated carbocycles. The van der Waals surface area contributed by atoms with E-state index in [-0.39, 0.29) is 12.5 Å². The molecule has 3 heterocycles. The van der Waals surface area contributed by atoms with E-state index in [1.54, 1.807) is 6.20 Å². The molecule has 0 aliphatic carbocycles. The number of nitrogens with zero attached hydrogens (tertiary/aromatic N) is 3. The molecule has 0 radical (unpaired) electrons. The molecule has 7 heteroatoms. The summed E-state index contributed by atoms with van der Waals surface area (Å²) in [5, 5.41) is 5.52. The Morgan fingerprint density at radius 2 is 1.89 bits per heavy atom. The van der Waals surface area contributed by atoms with Crippen LogP contribution in [-0.2, 0) is 16.9 Å². The zero-order chi connectivity index (χ0) is 18.9. The number of benzene rings is 1. The molecule has 1 aliphatic rings. The molecule has 1 saturated heterocycles. The smallest absolute Gasteiger partial charge is 0.319 e. The van der Waals surface area contributed by atoms with Gasteiger partial charge in [-0.15, -0.1) is 11.3 Å². The Balaban J connectivity index is 1.59. The van der Waals surface area contributed by atoms with Crippen LogP contribution in [0.1, 0.15) is 24.6 Å². The second kappa shape index (κ2) is 6.92. The van der Waals surface area contributed by atoms with Gasteiger partial charge in [-0.1, -0.05) is 43.3 Å². The molecule has 136 valence electrons. The van der Waals surface area contributed by atoms with Crippen LogP contribution < -0.4 is 5.32 Å². The molecule has 1 aromatic carbocycles. The molecule has 0 bridgehead atoms. The standard InChI is InChI=1S/C20H18N4O2S/c1-2-20(14-8-4-3-5-9-14)18(25)24(19(26)23-20)12-15-13-27-17(22-15)16-10-6-7-11-21-16/h3-11,13H,2,12H2,1H3,(H,23,26). The second-order valence-electron chi connectivity index (χ2n) is 6.31. The lowest BCUT2D eigenvalue weighted by Crippen LogP contribution is -2.43. The van der Waals surface area contributed by atoms with Crippen molar-refractivity contribution in [2.24, 2.45) is 0 Å². The van der Waals surface area contributed by atoms with Crippen molar-refractivity contribution in [3.05, 3.63) is 71.4 Å². The van der Waals surface area contributed by atoms with Crippen molar-refractivity contribution in [3.63, 3.8) is 0 Å². The van der Waals surface area contributed by atoms with Crippen molar-refractivity contribution in [1.82, 2.24) is 20.2 Å². The van der Waals surface area contributed by atoms with E-state index in [1.807, 2.05) is 60.8 Å². The van der Waals surface area contributed by atoms with E-state index < -0.39 is 11.6 Å². The summed E-state index contributed by atoms with van der Waals surface area (Å²) in [6, 6.07) is 14.6. The maximum absolute atomic E-state index is 13.2. The number of amides is 3. The first-order valence-electron chi connectivity index (χ1n) is 8.69. The van der Waals surface area contributed by atoms with Gasteiger partial charge in [0.1, 0.15) is 10.5 Å². The number of thiazole rings is 1. The van der Waals surface area contributed by atoms with E-state index in [0.29, 0.717) is 12.1 Å². The van der Waals surface area contributed by atoms with Gasteiger partial charge in [0.2, 0.25) is 0 Å². The van der Waals surface area contributed by atoms with Gasteiger partial charge in [-0.25, -0.2) is 9.78 Å². The number of pyridine rings is 1. The quantitative estimate of drug-likeness (QED) is 0.689. The minimum absolute atomic E-state index is 0.141. The van der Waals surface area contributed by atoms with Crippen molar-refractivity contribution in [2.45, 2.75) is 25.4 Å². The zero-order valence-corrected chi connectivity index (χ0v) is 15.6. The maximum atomic E-state index is 13.2. The summed E-state index contributed by atoms with van der Waals surface area (Å²) in [6.07, 6.45) is 2.19. The van der Waals surface area contributed by atoms with Crippen LogP contribution in [0.25, 0.3) is 10.7 Å².